The number of nitrogens with two attached hydrogens (primary N) is 1. The number of ether oxygens (including phenoxy) is 2. The first-order chi connectivity index (χ1) is 19.3. The van der Waals surface area contributed by atoms with E-state index in [1.54, 1.807) is 43.5 Å². The summed E-state index contributed by atoms with van der Waals surface area (Å²) >= 11 is 0. The van der Waals surface area contributed by atoms with Gasteiger partial charge >= 0.3 is 13.7 Å². The smallest absolute Gasteiger partial charge is 0.459 e. The van der Waals surface area contributed by atoms with Gasteiger partial charge in [-0.2, -0.15) is 5.09 Å². The number of nitrogen functional groups attached to an aromatic ring is 1. The Labute approximate surface area is 230 Å². The molecule has 13 nitrogen and oxygen atoms in total. The van der Waals surface area contributed by atoms with Crippen LogP contribution in [0.3, 0.4) is 0 Å². The zero-order chi connectivity index (χ0) is 28.3. The molecule has 2 unspecified atom stereocenters. The summed E-state index contributed by atoms with van der Waals surface area (Å²) in [6, 6.07) is 7.64. The summed E-state index contributed by atoms with van der Waals surface area (Å²) in [6.07, 6.45) is 5.97. The number of fused-ring (bicyclic) bond motifs is 1. The highest BCUT2D eigenvalue weighted by atomic mass is 31.2. The molecule has 1 fully saturated rings. The second-order valence-electron chi connectivity index (χ2n) is 9.41. The van der Waals surface area contributed by atoms with Crippen LogP contribution >= 0.6 is 7.75 Å². The van der Waals surface area contributed by atoms with E-state index in [9.17, 15) is 9.36 Å². The number of carbonyl (C=O) groups is 1. The zero-order valence-corrected chi connectivity index (χ0v) is 23.2. The van der Waals surface area contributed by atoms with Crippen LogP contribution in [0.25, 0.3) is 22.5 Å². The van der Waals surface area contributed by atoms with Crippen LogP contribution < -0.4 is 15.3 Å². The summed E-state index contributed by atoms with van der Waals surface area (Å²) < 4.78 is 44.1. The molecule has 1 aliphatic heterocycles. The molecule has 0 saturated carbocycles. The fourth-order valence-electron chi connectivity index (χ4n) is 4.63. The van der Waals surface area contributed by atoms with Gasteiger partial charge in [0.1, 0.15) is 42.1 Å². The van der Waals surface area contributed by atoms with Crippen molar-refractivity contribution in [3.05, 3.63) is 55.3 Å². The summed E-state index contributed by atoms with van der Waals surface area (Å²) in [5.74, 6) is 0.456. The number of para-hydroxylation sites is 1. The standard InChI is InChI=1S/C26H31N6O7P/c1-4-35-26(33)17(3)31-40(34,39-18-8-6-5-7-9-18)37-14-19-12-16(2)25(38-19)32-13-20(24-28-10-11-36-24)21-22(27)29-15-30-23(21)32/h5-11,13,15-17,19,25H,4,12,14H2,1-3H3,(H,31,34)(H2,27,29,30)/t16?,17-,19-,25+,40?/m0/s1. The molecule has 0 spiro atoms. The van der Waals surface area contributed by atoms with E-state index in [1.165, 1.54) is 19.5 Å². The number of rotatable bonds is 11. The highest BCUT2D eigenvalue weighted by Gasteiger charge is 2.39. The molecule has 1 aliphatic rings. The monoisotopic (exact) mass is 570 g/mol. The normalized spacial score (nSPS) is 21.2. The number of nitrogens with zero attached hydrogens (tertiary/aromatic N) is 4. The van der Waals surface area contributed by atoms with Crippen molar-refractivity contribution in [3.8, 4) is 17.2 Å². The Morgan fingerprint density at radius 2 is 2.08 bits per heavy atom. The van der Waals surface area contributed by atoms with Gasteiger partial charge in [-0.1, -0.05) is 25.1 Å². The molecule has 4 heterocycles. The first kappa shape index (κ1) is 27.8. The molecule has 0 aliphatic carbocycles. The molecule has 4 aromatic rings. The van der Waals surface area contributed by atoms with Crippen molar-refractivity contribution in [1.29, 1.82) is 0 Å². The highest BCUT2D eigenvalue weighted by molar-refractivity contribution is 7.52. The summed E-state index contributed by atoms with van der Waals surface area (Å²) in [7, 11) is -4.01. The quantitative estimate of drug-likeness (QED) is 0.194. The van der Waals surface area contributed by atoms with E-state index in [0.717, 1.165) is 0 Å². The number of anilines is 1. The van der Waals surface area contributed by atoms with Crippen LogP contribution in [0.15, 0.2) is 59.7 Å². The van der Waals surface area contributed by atoms with Crippen molar-refractivity contribution in [2.45, 2.75) is 45.6 Å². The summed E-state index contributed by atoms with van der Waals surface area (Å²) in [4.78, 5) is 25.0. The molecule has 3 aromatic heterocycles. The van der Waals surface area contributed by atoms with Crippen molar-refractivity contribution in [2.24, 2.45) is 5.92 Å². The Bertz CT molecular complexity index is 1500. The van der Waals surface area contributed by atoms with Crippen LogP contribution in [0, 0.1) is 5.92 Å². The average Bonchev–Trinajstić information content (AvgIpc) is 3.67. The molecule has 1 saturated heterocycles. The lowest BCUT2D eigenvalue weighted by atomic mass is 10.1. The van der Waals surface area contributed by atoms with Crippen LogP contribution in [0.4, 0.5) is 5.82 Å². The number of aromatic nitrogens is 4. The number of carbonyl (C=O) groups excluding carboxylic acids is 1. The maximum atomic E-state index is 13.8. The molecule has 5 atom stereocenters. The Morgan fingerprint density at radius 1 is 1.27 bits per heavy atom. The van der Waals surface area contributed by atoms with Crippen LogP contribution in [0.1, 0.15) is 33.4 Å². The third-order valence-electron chi connectivity index (χ3n) is 6.42. The van der Waals surface area contributed by atoms with E-state index in [4.69, 9.17) is 28.7 Å². The van der Waals surface area contributed by atoms with Crippen molar-refractivity contribution in [3.63, 3.8) is 0 Å². The van der Waals surface area contributed by atoms with Crippen molar-refractivity contribution in [1.82, 2.24) is 24.6 Å². The van der Waals surface area contributed by atoms with Crippen molar-refractivity contribution >= 4 is 30.6 Å². The predicted molar refractivity (Wildman–Crippen MR) is 145 cm³/mol. The molecule has 0 radical (unpaired) electrons. The molecular weight excluding hydrogens is 539 g/mol. The number of esters is 1. The van der Waals surface area contributed by atoms with Crippen LogP contribution in [0.5, 0.6) is 5.75 Å². The topological polar surface area (TPSA) is 166 Å². The molecule has 212 valence electrons. The van der Waals surface area contributed by atoms with Gasteiger partial charge in [0, 0.05) is 12.1 Å². The number of oxazole rings is 1. The fourth-order valence-corrected chi connectivity index (χ4v) is 6.16. The van der Waals surface area contributed by atoms with Gasteiger partial charge in [0.25, 0.3) is 0 Å². The molecule has 0 bridgehead atoms. The first-order valence-electron chi connectivity index (χ1n) is 12.9. The van der Waals surface area contributed by atoms with E-state index in [2.05, 4.69) is 20.0 Å². The van der Waals surface area contributed by atoms with Gasteiger partial charge in [-0.25, -0.2) is 19.5 Å². The number of nitrogens with one attached hydrogen (secondary N) is 1. The summed E-state index contributed by atoms with van der Waals surface area (Å²) in [6.45, 7) is 5.39. The molecule has 1 aromatic carbocycles. The van der Waals surface area contributed by atoms with Gasteiger partial charge in [0.05, 0.1) is 36.5 Å². The highest BCUT2D eigenvalue weighted by Crippen LogP contribution is 2.47. The molecule has 40 heavy (non-hydrogen) atoms. The Hall–Kier alpha value is -3.77. The van der Waals surface area contributed by atoms with Crippen LogP contribution in [0.2, 0.25) is 0 Å². The molecule has 3 N–H and O–H groups in total. The lowest BCUT2D eigenvalue weighted by Gasteiger charge is -2.24. The van der Waals surface area contributed by atoms with Crippen LogP contribution in [-0.4, -0.2) is 50.8 Å². The maximum absolute atomic E-state index is 13.8. The second kappa shape index (κ2) is 11.8. The van der Waals surface area contributed by atoms with Gasteiger partial charge in [-0.15, -0.1) is 0 Å². The van der Waals surface area contributed by atoms with Gasteiger partial charge in [-0.3, -0.25) is 9.32 Å². The van der Waals surface area contributed by atoms with E-state index < -0.39 is 32.1 Å². The fraction of sp³-hybridized carbons (Fsp3) is 0.385. The third-order valence-corrected chi connectivity index (χ3v) is 8.06. The van der Waals surface area contributed by atoms with Crippen LogP contribution in [-0.2, 0) is 23.4 Å². The Kier molecular flexibility index (Phi) is 8.17. The first-order valence-corrected chi connectivity index (χ1v) is 14.4. The summed E-state index contributed by atoms with van der Waals surface area (Å²) in [5, 5.41) is 3.29. The van der Waals surface area contributed by atoms with Crippen molar-refractivity contribution in [2.75, 3.05) is 18.9 Å². The van der Waals surface area contributed by atoms with Gasteiger partial charge in [-0.05, 0) is 32.4 Å². The SMILES string of the molecule is CCOC(=O)[C@H](C)NP(=O)(OC[C@@H]1CC(C)[C@H](n2cc(-c3ncco3)c3c(N)ncnc32)O1)Oc1ccccc1. The van der Waals surface area contributed by atoms with Gasteiger partial charge < -0.3 is 28.7 Å². The minimum Gasteiger partial charge on any atom is -0.465 e. The van der Waals surface area contributed by atoms with E-state index >= 15 is 0 Å². The van der Waals surface area contributed by atoms with Gasteiger partial charge in [0.15, 0.2) is 0 Å². The van der Waals surface area contributed by atoms with E-state index in [0.29, 0.717) is 40.5 Å². The minimum absolute atomic E-state index is 0.0265. The lowest BCUT2D eigenvalue weighted by molar-refractivity contribution is -0.144. The Balaban J connectivity index is 1.35. The molecule has 14 heteroatoms. The van der Waals surface area contributed by atoms with Gasteiger partial charge in [0.2, 0.25) is 5.89 Å². The number of hydrogen-bond acceptors (Lipinski definition) is 11. The summed E-state index contributed by atoms with van der Waals surface area (Å²) in [5.41, 5.74) is 7.41. The van der Waals surface area contributed by atoms with E-state index in [-0.39, 0.29) is 19.1 Å². The number of hydrogen-bond donors (Lipinski definition) is 2. The lowest BCUT2D eigenvalue weighted by Crippen LogP contribution is -2.35. The third kappa shape index (κ3) is 5.87. The average molecular weight is 571 g/mol. The van der Waals surface area contributed by atoms with E-state index in [1.807, 2.05) is 17.7 Å². The maximum Gasteiger partial charge on any atom is 0.459 e. The molecular formula is C26H31N6O7P. The zero-order valence-electron chi connectivity index (χ0n) is 22.3. The molecule has 0 amide bonds. The second-order valence-corrected chi connectivity index (χ2v) is 11.1. The minimum atomic E-state index is -4.01. The van der Waals surface area contributed by atoms with Crippen molar-refractivity contribution < 1.29 is 32.3 Å². The molecule has 5 rings (SSSR count). The number of benzene rings is 1. The largest absolute Gasteiger partial charge is 0.465 e. The Morgan fingerprint density at radius 3 is 2.80 bits per heavy atom. The predicted octanol–water partition coefficient (Wildman–Crippen LogP) is 4.34.